The number of hydrogen-bond donors (Lipinski definition) is 3. The molecule has 104 valence electrons. The number of Topliss-reactive ketones (excluding diaryl/α,β-unsaturated/α-hetero) is 1. The highest BCUT2D eigenvalue weighted by Gasteiger charge is 2.27. The number of rotatable bonds is 5. The van der Waals surface area contributed by atoms with Crippen molar-refractivity contribution in [3.8, 4) is 23.0 Å². The first-order chi connectivity index (χ1) is 9.01. The lowest BCUT2D eigenvalue weighted by Gasteiger charge is -2.15. The number of benzene rings is 1. The molecule has 0 bridgehead atoms. The molecule has 0 fully saturated rings. The van der Waals surface area contributed by atoms with Gasteiger partial charge in [0.1, 0.15) is 0 Å². The lowest BCUT2D eigenvalue weighted by molar-refractivity contribution is -0.124. The van der Waals surface area contributed by atoms with Crippen molar-refractivity contribution in [1.82, 2.24) is 5.48 Å². The van der Waals surface area contributed by atoms with Crippen molar-refractivity contribution in [2.45, 2.75) is 0 Å². The van der Waals surface area contributed by atoms with E-state index in [1.807, 2.05) is 0 Å². The lowest BCUT2D eigenvalue weighted by Crippen LogP contribution is -2.28. The van der Waals surface area contributed by atoms with Gasteiger partial charge in [-0.25, -0.2) is 5.48 Å². The van der Waals surface area contributed by atoms with Crippen molar-refractivity contribution >= 4 is 11.7 Å². The quantitative estimate of drug-likeness (QED) is 0.301. The van der Waals surface area contributed by atoms with Crippen LogP contribution in [0.4, 0.5) is 0 Å². The molecule has 0 aliphatic carbocycles. The maximum absolute atomic E-state index is 11.6. The highest BCUT2D eigenvalue weighted by Crippen LogP contribution is 2.45. The molecule has 0 radical (unpaired) electrons. The fraction of sp³-hybridized carbons (Fsp3) is 0.273. The summed E-state index contributed by atoms with van der Waals surface area (Å²) in [4.78, 5) is 22.7. The van der Waals surface area contributed by atoms with Crippen LogP contribution in [0, 0.1) is 0 Å². The van der Waals surface area contributed by atoms with Gasteiger partial charge in [0.2, 0.25) is 11.5 Å². The van der Waals surface area contributed by atoms with E-state index in [0.29, 0.717) is 0 Å². The van der Waals surface area contributed by atoms with Crippen LogP contribution in [0.3, 0.4) is 0 Å². The Morgan fingerprint density at radius 3 is 2.11 bits per heavy atom. The van der Waals surface area contributed by atoms with Crippen molar-refractivity contribution in [1.29, 1.82) is 0 Å². The predicted molar refractivity (Wildman–Crippen MR) is 62.0 cm³/mol. The van der Waals surface area contributed by atoms with E-state index in [1.54, 1.807) is 0 Å². The summed E-state index contributed by atoms with van der Waals surface area (Å²) in [5, 5.41) is 18.3. The molecule has 1 aromatic carbocycles. The zero-order chi connectivity index (χ0) is 14.6. The van der Waals surface area contributed by atoms with Gasteiger partial charge in [-0.15, -0.1) is 0 Å². The van der Waals surface area contributed by atoms with Gasteiger partial charge in [0, 0.05) is 0 Å². The highest BCUT2D eigenvalue weighted by atomic mass is 16.5. The van der Waals surface area contributed by atoms with Gasteiger partial charge in [-0.1, -0.05) is 0 Å². The number of carbonyl (C=O) groups is 2. The van der Waals surface area contributed by atoms with Gasteiger partial charge in [0.25, 0.3) is 5.78 Å². The first-order valence-electron chi connectivity index (χ1n) is 5.02. The average molecular weight is 271 g/mol. The van der Waals surface area contributed by atoms with Crippen LogP contribution in [-0.2, 0) is 4.79 Å². The van der Waals surface area contributed by atoms with Crippen molar-refractivity contribution < 1.29 is 34.1 Å². The monoisotopic (exact) mass is 271 g/mol. The Labute approximate surface area is 108 Å². The number of carbonyl (C=O) groups excluding carboxylic acids is 2. The van der Waals surface area contributed by atoms with E-state index in [0.717, 1.165) is 6.07 Å². The van der Waals surface area contributed by atoms with E-state index in [2.05, 4.69) is 0 Å². The molecule has 0 aliphatic rings. The molecule has 0 spiro atoms. The average Bonchev–Trinajstić information content (AvgIpc) is 2.44. The minimum absolute atomic E-state index is 0.0726. The third-order valence-electron chi connectivity index (χ3n) is 2.36. The molecule has 1 rings (SSSR count). The van der Waals surface area contributed by atoms with E-state index in [-0.39, 0.29) is 22.8 Å². The van der Waals surface area contributed by atoms with Gasteiger partial charge in [-0.05, 0) is 6.07 Å². The molecular formula is C11H13NO7. The topological polar surface area (TPSA) is 114 Å². The lowest BCUT2D eigenvalue weighted by atomic mass is 10.1. The zero-order valence-electron chi connectivity index (χ0n) is 10.5. The summed E-state index contributed by atoms with van der Waals surface area (Å²) >= 11 is 0. The SMILES string of the molecule is COc1cc(C(=O)C(=O)NO)c(O)c(OC)c1OC. The summed E-state index contributed by atoms with van der Waals surface area (Å²) in [5.74, 6) is -3.04. The minimum atomic E-state index is -1.30. The van der Waals surface area contributed by atoms with Crippen LogP contribution in [0.1, 0.15) is 10.4 Å². The Kier molecular flexibility index (Phi) is 4.54. The molecule has 19 heavy (non-hydrogen) atoms. The van der Waals surface area contributed by atoms with Crippen molar-refractivity contribution in [2.75, 3.05) is 21.3 Å². The normalized spacial score (nSPS) is 9.68. The molecule has 0 aromatic heterocycles. The Balaban J connectivity index is 3.50. The molecular weight excluding hydrogens is 258 g/mol. The van der Waals surface area contributed by atoms with Crippen LogP contribution < -0.4 is 19.7 Å². The summed E-state index contributed by atoms with van der Waals surface area (Å²) in [5.41, 5.74) is 0.794. The third-order valence-corrected chi connectivity index (χ3v) is 2.36. The van der Waals surface area contributed by atoms with Crippen molar-refractivity contribution in [3.05, 3.63) is 11.6 Å². The molecule has 0 atom stereocenters. The van der Waals surface area contributed by atoms with Gasteiger partial charge in [0.05, 0.1) is 26.9 Å². The van der Waals surface area contributed by atoms with E-state index in [1.165, 1.54) is 26.8 Å². The van der Waals surface area contributed by atoms with Gasteiger partial charge in [-0.2, -0.15) is 0 Å². The fourth-order valence-electron chi connectivity index (χ4n) is 1.49. The second-order valence-corrected chi connectivity index (χ2v) is 3.31. The Morgan fingerprint density at radius 2 is 1.68 bits per heavy atom. The first kappa shape index (κ1) is 14.6. The van der Waals surface area contributed by atoms with Gasteiger partial charge < -0.3 is 19.3 Å². The van der Waals surface area contributed by atoms with Gasteiger partial charge >= 0.3 is 5.91 Å². The number of aromatic hydroxyl groups is 1. The second-order valence-electron chi connectivity index (χ2n) is 3.31. The molecule has 0 saturated carbocycles. The molecule has 3 N–H and O–H groups in total. The van der Waals surface area contributed by atoms with Gasteiger partial charge in [0.15, 0.2) is 11.5 Å². The maximum atomic E-state index is 11.6. The maximum Gasteiger partial charge on any atom is 0.315 e. The number of phenols is 1. The molecule has 8 heteroatoms. The summed E-state index contributed by atoms with van der Waals surface area (Å²) in [6.45, 7) is 0. The van der Waals surface area contributed by atoms with Crippen LogP contribution in [-0.4, -0.2) is 43.3 Å². The zero-order valence-corrected chi connectivity index (χ0v) is 10.5. The molecule has 1 amide bonds. The molecule has 8 nitrogen and oxygen atoms in total. The number of ether oxygens (including phenoxy) is 3. The standard InChI is InChI=1S/C11H13NO7/c1-17-6-4-5(8(14)11(15)12-16)7(13)10(19-3)9(6)18-2/h4,13,16H,1-3H3,(H,12,15). The number of phenolic OH excluding ortho intramolecular Hbond substituents is 1. The summed E-state index contributed by atoms with van der Waals surface area (Å²) in [6, 6.07) is 1.11. The Hall–Kier alpha value is -2.48. The Morgan fingerprint density at radius 1 is 1.11 bits per heavy atom. The number of methoxy groups -OCH3 is 3. The molecule has 1 aromatic rings. The van der Waals surface area contributed by atoms with Crippen LogP contribution in [0.2, 0.25) is 0 Å². The number of nitrogens with one attached hydrogen (secondary N) is 1. The summed E-state index contributed by atoms with van der Waals surface area (Å²) in [7, 11) is 3.88. The van der Waals surface area contributed by atoms with Crippen LogP contribution in [0.5, 0.6) is 23.0 Å². The molecule has 0 heterocycles. The van der Waals surface area contributed by atoms with Crippen LogP contribution in [0.15, 0.2) is 6.07 Å². The van der Waals surface area contributed by atoms with Gasteiger partial charge in [-0.3, -0.25) is 14.8 Å². The number of hydroxylamine groups is 1. The number of amides is 1. The van der Waals surface area contributed by atoms with Crippen LogP contribution in [0.25, 0.3) is 0 Å². The van der Waals surface area contributed by atoms with E-state index in [9.17, 15) is 14.7 Å². The predicted octanol–water partition coefficient (Wildman–Crippen LogP) is 0.106. The van der Waals surface area contributed by atoms with E-state index >= 15 is 0 Å². The minimum Gasteiger partial charge on any atom is -0.504 e. The number of hydrogen-bond acceptors (Lipinski definition) is 7. The first-order valence-corrected chi connectivity index (χ1v) is 5.02. The largest absolute Gasteiger partial charge is 0.504 e. The highest BCUT2D eigenvalue weighted by molar-refractivity contribution is 6.43. The Bertz CT molecular complexity index is 512. The number of ketones is 1. The second kappa shape index (κ2) is 5.91. The molecule has 0 unspecified atom stereocenters. The summed E-state index contributed by atoms with van der Waals surface area (Å²) in [6.07, 6.45) is 0. The molecule has 0 aliphatic heterocycles. The van der Waals surface area contributed by atoms with Crippen molar-refractivity contribution in [3.63, 3.8) is 0 Å². The summed E-state index contributed by atoms with van der Waals surface area (Å²) < 4.78 is 14.9. The molecule has 0 saturated heterocycles. The van der Waals surface area contributed by atoms with E-state index in [4.69, 9.17) is 19.4 Å². The fourth-order valence-corrected chi connectivity index (χ4v) is 1.49. The third kappa shape index (κ3) is 2.52. The smallest absolute Gasteiger partial charge is 0.315 e. The van der Waals surface area contributed by atoms with Crippen LogP contribution >= 0.6 is 0 Å². The van der Waals surface area contributed by atoms with Crippen molar-refractivity contribution in [2.24, 2.45) is 0 Å². The van der Waals surface area contributed by atoms with E-state index < -0.39 is 17.4 Å².